The lowest BCUT2D eigenvalue weighted by Gasteiger charge is -2.34. The van der Waals surface area contributed by atoms with E-state index in [0.29, 0.717) is 36.7 Å². The summed E-state index contributed by atoms with van der Waals surface area (Å²) in [7, 11) is 1.60. The standard InChI is InChI=1S/C22H27NO5/c1-4-27-11-12-28-22(25)19-14(2)23-17-9-6-10-18(24)21(17)20(19)15-7-5-8-16(13-15)26-3/h5,7-8,13,19-20H,4,6,9-12H2,1-3H3/t19?,20-/m1/s1. The second kappa shape index (κ2) is 9.15. The number of hydrogen-bond acceptors (Lipinski definition) is 6. The van der Waals surface area contributed by atoms with E-state index in [-0.39, 0.29) is 18.4 Å². The Morgan fingerprint density at radius 2 is 2.07 bits per heavy atom. The molecule has 0 N–H and O–H groups in total. The summed E-state index contributed by atoms with van der Waals surface area (Å²) in [4.78, 5) is 30.4. The topological polar surface area (TPSA) is 74.2 Å². The summed E-state index contributed by atoms with van der Waals surface area (Å²) in [6, 6.07) is 7.54. The Kier molecular flexibility index (Phi) is 6.62. The van der Waals surface area contributed by atoms with Gasteiger partial charge in [0.05, 0.1) is 13.7 Å². The molecular formula is C22H27NO5. The SMILES string of the molecule is CCOCCOC(=O)C1C(C)=NC2=C(C(=O)CCC2)[C@@H]1c1cccc(OC)c1. The molecule has 1 aromatic carbocycles. The summed E-state index contributed by atoms with van der Waals surface area (Å²) < 4.78 is 16.1. The molecule has 0 aromatic heterocycles. The van der Waals surface area contributed by atoms with E-state index in [4.69, 9.17) is 14.2 Å². The third-order valence-electron chi connectivity index (χ3n) is 5.22. The molecule has 0 amide bonds. The highest BCUT2D eigenvalue weighted by atomic mass is 16.6. The second-order valence-corrected chi connectivity index (χ2v) is 6.99. The Bertz CT molecular complexity index is 811. The van der Waals surface area contributed by atoms with Gasteiger partial charge in [-0.2, -0.15) is 0 Å². The normalized spacial score (nSPS) is 21.8. The summed E-state index contributed by atoms with van der Waals surface area (Å²) in [6.45, 7) is 4.83. The molecule has 6 heteroatoms. The molecule has 1 aliphatic heterocycles. The number of nitrogens with zero attached hydrogens (tertiary/aromatic N) is 1. The highest BCUT2D eigenvalue weighted by Crippen LogP contribution is 2.44. The number of methoxy groups -OCH3 is 1. The molecule has 1 unspecified atom stereocenters. The Labute approximate surface area is 165 Å². The maximum atomic E-state index is 13.0. The molecule has 1 aliphatic carbocycles. The Morgan fingerprint density at radius 3 is 2.82 bits per heavy atom. The van der Waals surface area contributed by atoms with Crippen LogP contribution in [0.3, 0.4) is 0 Å². The first-order chi connectivity index (χ1) is 13.6. The van der Waals surface area contributed by atoms with E-state index in [1.54, 1.807) is 7.11 Å². The van der Waals surface area contributed by atoms with Crippen molar-refractivity contribution in [2.75, 3.05) is 26.9 Å². The van der Waals surface area contributed by atoms with E-state index in [1.165, 1.54) is 0 Å². The van der Waals surface area contributed by atoms with Gasteiger partial charge in [-0.1, -0.05) is 12.1 Å². The van der Waals surface area contributed by atoms with Crippen LogP contribution in [-0.4, -0.2) is 44.4 Å². The highest BCUT2D eigenvalue weighted by molar-refractivity contribution is 6.08. The molecular weight excluding hydrogens is 358 g/mol. The Morgan fingerprint density at radius 1 is 1.25 bits per heavy atom. The number of ether oxygens (including phenoxy) is 3. The van der Waals surface area contributed by atoms with Gasteiger partial charge in [0.1, 0.15) is 18.3 Å². The van der Waals surface area contributed by atoms with Gasteiger partial charge < -0.3 is 14.2 Å². The quantitative estimate of drug-likeness (QED) is 0.531. The third kappa shape index (κ3) is 4.17. The van der Waals surface area contributed by atoms with Gasteiger partial charge in [0, 0.05) is 35.9 Å². The van der Waals surface area contributed by atoms with Crippen molar-refractivity contribution in [2.45, 2.75) is 39.0 Å². The first-order valence-corrected chi connectivity index (χ1v) is 9.76. The first-order valence-electron chi connectivity index (χ1n) is 9.76. The lowest BCUT2D eigenvalue weighted by atomic mass is 9.72. The van der Waals surface area contributed by atoms with Crippen molar-refractivity contribution >= 4 is 17.5 Å². The lowest BCUT2D eigenvalue weighted by molar-refractivity contribution is -0.148. The van der Waals surface area contributed by atoms with Crippen LogP contribution in [-0.2, 0) is 19.1 Å². The van der Waals surface area contributed by atoms with Crippen LogP contribution >= 0.6 is 0 Å². The smallest absolute Gasteiger partial charge is 0.315 e. The molecule has 0 fully saturated rings. The van der Waals surface area contributed by atoms with Crippen LogP contribution in [0.2, 0.25) is 0 Å². The van der Waals surface area contributed by atoms with Gasteiger partial charge >= 0.3 is 5.97 Å². The van der Waals surface area contributed by atoms with Crippen molar-refractivity contribution in [3.63, 3.8) is 0 Å². The average Bonchev–Trinajstić information content (AvgIpc) is 2.70. The number of Topliss-reactive ketones (excluding diaryl/α,β-unsaturated/α-hetero) is 1. The first kappa shape index (κ1) is 20.3. The number of benzene rings is 1. The highest BCUT2D eigenvalue weighted by Gasteiger charge is 2.43. The maximum absolute atomic E-state index is 13.0. The maximum Gasteiger partial charge on any atom is 0.315 e. The van der Waals surface area contributed by atoms with E-state index in [2.05, 4.69) is 4.99 Å². The molecule has 0 saturated heterocycles. The van der Waals surface area contributed by atoms with Gasteiger partial charge in [-0.05, 0) is 44.4 Å². The summed E-state index contributed by atoms with van der Waals surface area (Å²) >= 11 is 0. The van der Waals surface area contributed by atoms with Gasteiger partial charge in [0.2, 0.25) is 0 Å². The van der Waals surface area contributed by atoms with Crippen molar-refractivity contribution in [1.29, 1.82) is 0 Å². The van der Waals surface area contributed by atoms with Crippen molar-refractivity contribution in [1.82, 2.24) is 0 Å². The van der Waals surface area contributed by atoms with Crippen LogP contribution in [0.1, 0.15) is 44.6 Å². The Hall–Kier alpha value is -2.47. The average molecular weight is 385 g/mol. The number of esters is 1. The minimum absolute atomic E-state index is 0.0671. The zero-order valence-corrected chi connectivity index (χ0v) is 16.7. The number of carbonyl (C=O) groups is 2. The molecule has 3 rings (SSSR count). The van der Waals surface area contributed by atoms with Gasteiger partial charge in [-0.25, -0.2) is 0 Å². The van der Waals surface area contributed by atoms with Crippen molar-refractivity contribution in [3.8, 4) is 5.75 Å². The fourth-order valence-electron chi connectivity index (χ4n) is 3.94. The van der Waals surface area contributed by atoms with Gasteiger partial charge in [0.15, 0.2) is 5.78 Å². The van der Waals surface area contributed by atoms with E-state index < -0.39 is 11.8 Å². The monoisotopic (exact) mass is 385 g/mol. The summed E-state index contributed by atoms with van der Waals surface area (Å²) in [5.41, 5.74) is 3.00. The van der Waals surface area contributed by atoms with Crippen LogP contribution in [0.25, 0.3) is 0 Å². The number of allylic oxidation sites excluding steroid dienone is 2. The molecule has 0 bridgehead atoms. The number of hydrogen-bond donors (Lipinski definition) is 0. The summed E-state index contributed by atoms with van der Waals surface area (Å²) in [6.07, 6.45) is 2.04. The number of ketones is 1. The van der Waals surface area contributed by atoms with Crippen LogP contribution < -0.4 is 4.74 Å². The minimum Gasteiger partial charge on any atom is -0.497 e. The molecule has 1 heterocycles. The predicted molar refractivity (Wildman–Crippen MR) is 106 cm³/mol. The molecule has 0 radical (unpaired) electrons. The van der Waals surface area contributed by atoms with Gasteiger partial charge in [-0.3, -0.25) is 14.6 Å². The van der Waals surface area contributed by atoms with Crippen molar-refractivity contribution in [2.24, 2.45) is 10.9 Å². The van der Waals surface area contributed by atoms with Crippen LogP contribution in [0.5, 0.6) is 5.75 Å². The largest absolute Gasteiger partial charge is 0.497 e. The molecule has 2 atom stereocenters. The van der Waals surface area contributed by atoms with E-state index in [0.717, 1.165) is 24.1 Å². The van der Waals surface area contributed by atoms with Crippen LogP contribution in [0.15, 0.2) is 40.5 Å². The fourth-order valence-corrected chi connectivity index (χ4v) is 3.94. The predicted octanol–water partition coefficient (Wildman–Crippen LogP) is 3.46. The third-order valence-corrected chi connectivity index (χ3v) is 5.22. The summed E-state index contributed by atoms with van der Waals surface area (Å²) in [5.74, 6) is -0.660. The van der Waals surface area contributed by atoms with Crippen molar-refractivity contribution in [3.05, 3.63) is 41.1 Å². The van der Waals surface area contributed by atoms with E-state index >= 15 is 0 Å². The second-order valence-electron chi connectivity index (χ2n) is 6.99. The van der Waals surface area contributed by atoms with Crippen LogP contribution in [0, 0.1) is 5.92 Å². The minimum atomic E-state index is -0.630. The molecule has 28 heavy (non-hydrogen) atoms. The molecule has 6 nitrogen and oxygen atoms in total. The van der Waals surface area contributed by atoms with Crippen LogP contribution in [0.4, 0.5) is 0 Å². The number of aliphatic imine (C=N–C) groups is 1. The molecule has 1 aromatic rings. The van der Waals surface area contributed by atoms with Gasteiger partial charge in [-0.15, -0.1) is 0 Å². The Balaban J connectivity index is 1.99. The molecule has 0 spiro atoms. The van der Waals surface area contributed by atoms with E-state index in [9.17, 15) is 9.59 Å². The summed E-state index contributed by atoms with van der Waals surface area (Å²) in [5, 5.41) is 0. The zero-order valence-electron chi connectivity index (χ0n) is 16.7. The zero-order chi connectivity index (χ0) is 20.1. The molecule has 0 saturated carbocycles. The van der Waals surface area contributed by atoms with Crippen molar-refractivity contribution < 1.29 is 23.8 Å². The number of carbonyl (C=O) groups excluding carboxylic acids is 2. The molecule has 150 valence electrons. The molecule has 2 aliphatic rings. The van der Waals surface area contributed by atoms with Gasteiger partial charge in [0.25, 0.3) is 0 Å². The van der Waals surface area contributed by atoms with E-state index in [1.807, 2.05) is 38.1 Å². The fraction of sp³-hybridized carbons (Fsp3) is 0.500. The lowest BCUT2D eigenvalue weighted by Crippen LogP contribution is -2.37. The number of rotatable bonds is 7.